The molecule has 4 nitrogen and oxygen atoms in total. The fourth-order valence-electron chi connectivity index (χ4n) is 2.17. The van der Waals surface area contributed by atoms with Crippen LogP contribution in [-0.4, -0.2) is 24.0 Å². The number of ether oxygens (including phenoxy) is 1. The minimum atomic E-state index is -0.470. The van der Waals surface area contributed by atoms with Gasteiger partial charge in [-0.1, -0.05) is 35.9 Å². The highest BCUT2D eigenvalue weighted by atomic mass is 32.2. The molecule has 0 aliphatic carbocycles. The molecule has 0 fully saturated rings. The van der Waals surface area contributed by atoms with E-state index in [4.69, 9.17) is 10.5 Å². The molecule has 2 rings (SSSR count). The molecule has 0 heterocycles. The number of benzene rings is 2. The Hall–Kier alpha value is -1.98. The first-order chi connectivity index (χ1) is 11.6. The van der Waals surface area contributed by atoms with Crippen LogP contribution in [0, 0.1) is 6.92 Å². The van der Waals surface area contributed by atoms with E-state index in [1.54, 1.807) is 11.8 Å². The van der Waals surface area contributed by atoms with Crippen LogP contribution in [0.3, 0.4) is 0 Å². The third-order valence-electron chi connectivity index (χ3n) is 3.64. The Morgan fingerprint density at radius 1 is 1.21 bits per heavy atom. The summed E-state index contributed by atoms with van der Waals surface area (Å²) >= 11 is 1.69. The molecule has 24 heavy (non-hydrogen) atoms. The summed E-state index contributed by atoms with van der Waals surface area (Å²) in [5, 5.41) is 2.89. The van der Waals surface area contributed by atoms with Crippen molar-refractivity contribution in [2.45, 2.75) is 25.9 Å². The quantitative estimate of drug-likeness (QED) is 0.769. The predicted octanol–water partition coefficient (Wildman–Crippen LogP) is 3.48. The van der Waals surface area contributed by atoms with Crippen LogP contribution in [0.25, 0.3) is 0 Å². The summed E-state index contributed by atoms with van der Waals surface area (Å²) in [7, 11) is 0. The molecule has 0 unspecified atom stereocenters. The molecule has 2 aromatic carbocycles. The van der Waals surface area contributed by atoms with Crippen LogP contribution in [0.5, 0.6) is 11.5 Å². The van der Waals surface area contributed by atoms with Crippen LogP contribution in [0.15, 0.2) is 48.5 Å². The van der Waals surface area contributed by atoms with Crippen molar-refractivity contribution >= 4 is 17.7 Å². The Morgan fingerprint density at radius 3 is 2.62 bits per heavy atom. The van der Waals surface area contributed by atoms with E-state index in [1.165, 1.54) is 5.56 Å². The number of aryl methyl sites for hydroxylation is 1. The molecule has 2 aromatic rings. The molecule has 1 atom stereocenters. The van der Waals surface area contributed by atoms with E-state index in [9.17, 15) is 4.79 Å². The van der Waals surface area contributed by atoms with E-state index < -0.39 is 6.04 Å². The summed E-state index contributed by atoms with van der Waals surface area (Å²) in [5.41, 5.74) is 7.99. The smallest absolute Gasteiger partial charge is 0.237 e. The number of nitrogens with two attached hydrogens (primary N) is 1. The largest absolute Gasteiger partial charge is 0.457 e. The van der Waals surface area contributed by atoms with E-state index >= 15 is 0 Å². The lowest BCUT2D eigenvalue weighted by Crippen LogP contribution is -2.40. The van der Waals surface area contributed by atoms with Gasteiger partial charge in [-0.2, -0.15) is 11.8 Å². The second kappa shape index (κ2) is 9.35. The third kappa shape index (κ3) is 5.58. The van der Waals surface area contributed by atoms with Crippen molar-refractivity contribution in [1.29, 1.82) is 0 Å². The lowest BCUT2D eigenvalue weighted by Gasteiger charge is -2.14. The highest BCUT2D eigenvalue weighted by Gasteiger charge is 2.13. The summed E-state index contributed by atoms with van der Waals surface area (Å²) in [6.07, 6.45) is 2.68. The van der Waals surface area contributed by atoms with Crippen molar-refractivity contribution in [2.24, 2.45) is 5.73 Å². The van der Waals surface area contributed by atoms with E-state index in [1.807, 2.05) is 61.7 Å². The Morgan fingerprint density at radius 2 is 1.92 bits per heavy atom. The predicted molar refractivity (Wildman–Crippen MR) is 101 cm³/mol. The molecule has 1 amide bonds. The van der Waals surface area contributed by atoms with Gasteiger partial charge in [0.05, 0.1) is 6.04 Å². The van der Waals surface area contributed by atoms with Crippen LogP contribution in [-0.2, 0) is 11.3 Å². The van der Waals surface area contributed by atoms with E-state index in [-0.39, 0.29) is 5.91 Å². The van der Waals surface area contributed by atoms with Crippen molar-refractivity contribution in [3.63, 3.8) is 0 Å². The minimum absolute atomic E-state index is 0.130. The zero-order valence-electron chi connectivity index (χ0n) is 14.1. The first-order valence-corrected chi connectivity index (χ1v) is 9.34. The van der Waals surface area contributed by atoms with Gasteiger partial charge in [-0.15, -0.1) is 0 Å². The van der Waals surface area contributed by atoms with Gasteiger partial charge in [0, 0.05) is 12.1 Å². The number of amides is 1. The molecular weight excluding hydrogens is 320 g/mol. The first kappa shape index (κ1) is 18.4. The Kier molecular flexibility index (Phi) is 7.15. The summed E-state index contributed by atoms with van der Waals surface area (Å²) in [6.45, 7) is 2.43. The van der Waals surface area contributed by atoms with Crippen LogP contribution in [0.2, 0.25) is 0 Å². The molecule has 3 N–H and O–H groups in total. The van der Waals surface area contributed by atoms with Gasteiger partial charge in [-0.05, 0) is 43.6 Å². The number of carbonyl (C=O) groups is 1. The van der Waals surface area contributed by atoms with Gasteiger partial charge >= 0.3 is 0 Å². The Balaban J connectivity index is 1.98. The molecule has 0 aliphatic heterocycles. The van der Waals surface area contributed by atoms with E-state index in [2.05, 4.69) is 5.32 Å². The average Bonchev–Trinajstić information content (AvgIpc) is 2.60. The monoisotopic (exact) mass is 344 g/mol. The van der Waals surface area contributed by atoms with Crippen molar-refractivity contribution < 1.29 is 9.53 Å². The van der Waals surface area contributed by atoms with Crippen molar-refractivity contribution in [1.82, 2.24) is 5.32 Å². The Labute approximate surface area is 147 Å². The highest BCUT2D eigenvalue weighted by Crippen LogP contribution is 2.25. The fraction of sp³-hybridized carbons (Fsp3) is 0.316. The van der Waals surface area contributed by atoms with Gasteiger partial charge in [0.1, 0.15) is 11.5 Å². The van der Waals surface area contributed by atoms with Crippen LogP contribution < -0.4 is 15.8 Å². The number of hydrogen-bond donors (Lipinski definition) is 2. The normalized spacial score (nSPS) is 11.8. The number of nitrogens with one attached hydrogen (secondary N) is 1. The third-order valence-corrected chi connectivity index (χ3v) is 4.29. The van der Waals surface area contributed by atoms with E-state index in [0.717, 1.165) is 22.8 Å². The molecule has 0 saturated carbocycles. The molecular formula is C19H24N2O2S. The van der Waals surface area contributed by atoms with Gasteiger partial charge in [-0.25, -0.2) is 0 Å². The Bertz CT molecular complexity index is 659. The number of carbonyl (C=O) groups excluding carboxylic acids is 1. The molecule has 0 saturated heterocycles. The van der Waals surface area contributed by atoms with E-state index in [0.29, 0.717) is 13.0 Å². The van der Waals surface area contributed by atoms with Gasteiger partial charge < -0.3 is 15.8 Å². The summed E-state index contributed by atoms with van der Waals surface area (Å²) in [5.74, 6) is 2.26. The number of para-hydroxylation sites is 1. The zero-order chi connectivity index (χ0) is 17.4. The number of rotatable bonds is 8. The lowest BCUT2D eigenvalue weighted by molar-refractivity contribution is -0.122. The van der Waals surface area contributed by atoms with Crippen LogP contribution in [0.4, 0.5) is 0 Å². The SMILES string of the molecule is CSCC[C@H](N)C(=O)NCc1ccccc1Oc1ccc(C)cc1. The highest BCUT2D eigenvalue weighted by molar-refractivity contribution is 7.98. The first-order valence-electron chi connectivity index (χ1n) is 7.95. The van der Waals surface area contributed by atoms with Gasteiger partial charge in [0.2, 0.25) is 5.91 Å². The maximum absolute atomic E-state index is 12.0. The van der Waals surface area contributed by atoms with Gasteiger partial charge in [-0.3, -0.25) is 4.79 Å². The standard InChI is InChI=1S/C19H24N2O2S/c1-14-7-9-16(10-8-14)23-18-6-4-3-5-15(18)13-21-19(22)17(20)11-12-24-2/h3-10,17H,11-13,20H2,1-2H3,(H,21,22)/t17-/m0/s1. The van der Waals surface area contributed by atoms with Crippen molar-refractivity contribution in [3.05, 3.63) is 59.7 Å². The molecule has 0 aliphatic rings. The minimum Gasteiger partial charge on any atom is -0.457 e. The molecule has 0 spiro atoms. The van der Waals surface area contributed by atoms with Gasteiger partial charge in [0.15, 0.2) is 0 Å². The fourth-order valence-corrected chi connectivity index (χ4v) is 2.66. The van der Waals surface area contributed by atoms with Crippen LogP contribution in [0.1, 0.15) is 17.5 Å². The summed E-state index contributed by atoms with van der Waals surface area (Å²) < 4.78 is 5.94. The topological polar surface area (TPSA) is 64.4 Å². The zero-order valence-corrected chi connectivity index (χ0v) is 14.9. The van der Waals surface area contributed by atoms with Crippen molar-refractivity contribution in [2.75, 3.05) is 12.0 Å². The molecule has 128 valence electrons. The second-order valence-corrected chi connectivity index (χ2v) is 6.61. The average molecular weight is 344 g/mol. The molecule has 0 aromatic heterocycles. The second-order valence-electron chi connectivity index (χ2n) is 5.63. The molecule has 0 radical (unpaired) electrons. The summed E-state index contributed by atoms with van der Waals surface area (Å²) in [4.78, 5) is 12.0. The van der Waals surface area contributed by atoms with Crippen LogP contribution >= 0.6 is 11.8 Å². The number of hydrogen-bond acceptors (Lipinski definition) is 4. The van der Waals surface area contributed by atoms with Gasteiger partial charge in [0.25, 0.3) is 0 Å². The molecule has 5 heteroatoms. The van der Waals surface area contributed by atoms with Crippen molar-refractivity contribution in [3.8, 4) is 11.5 Å². The number of thioether (sulfide) groups is 1. The molecule has 0 bridgehead atoms. The lowest BCUT2D eigenvalue weighted by atomic mass is 10.1. The summed E-state index contributed by atoms with van der Waals surface area (Å²) in [6, 6.07) is 15.1. The maximum atomic E-state index is 12.0. The maximum Gasteiger partial charge on any atom is 0.237 e.